The summed E-state index contributed by atoms with van der Waals surface area (Å²) in [7, 11) is 1.58. The van der Waals surface area contributed by atoms with E-state index in [2.05, 4.69) is 5.92 Å². The number of ether oxygens (including phenoxy) is 2. The second-order valence-corrected chi connectivity index (χ2v) is 5.72. The van der Waals surface area contributed by atoms with Gasteiger partial charge in [-0.3, -0.25) is 9.69 Å². The number of aliphatic hydroxyl groups excluding tert-OH is 1. The first-order valence-electron chi connectivity index (χ1n) is 7.96. The Hall–Kier alpha value is -2.97. The number of terminal acetylenes is 1. The fourth-order valence-corrected chi connectivity index (χ4v) is 2.91. The van der Waals surface area contributed by atoms with Crippen LogP contribution in [0.25, 0.3) is 0 Å². The molecule has 0 saturated carbocycles. The summed E-state index contributed by atoms with van der Waals surface area (Å²) in [6.45, 7) is 0. The summed E-state index contributed by atoms with van der Waals surface area (Å²) in [5.74, 6) is 3.50. The van der Waals surface area contributed by atoms with Crippen LogP contribution in [0.4, 0.5) is 5.69 Å². The summed E-state index contributed by atoms with van der Waals surface area (Å²) in [6.07, 6.45) is 3.82. The lowest BCUT2D eigenvalue weighted by molar-refractivity contribution is -0.138. The molecule has 1 fully saturated rings. The van der Waals surface area contributed by atoms with Crippen LogP contribution in [0.3, 0.4) is 0 Å². The molecule has 0 aliphatic carbocycles. The molecular weight excluding hydrogens is 318 g/mol. The predicted molar refractivity (Wildman–Crippen MR) is 94.6 cm³/mol. The van der Waals surface area contributed by atoms with E-state index in [1.165, 1.54) is 4.90 Å². The molecule has 1 aliphatic rings. The minimum absolute atomic E-state index is 0.138. The zero-order valence-electron chi connectivity index (χ0n) is 13.8. The van der Waals surface area contributed by atoms with Crippen LogP contribution < -0.4 is 14.4 Å². The Balaban J connectivity index is 1.84. The van der Waals surface area contributed by atoms with Crippen LogP contribution in [0.2, 0.25) is 0 Å². The van der Waals surface area contributed by atoms with Gasteiger partial charge in [-0.15, -0.1) is 12.3 Å². The lowest BCUT2D eigenvalue weighted by Gasteiger charge is -2.48. The van der Waals surface area contributed by atoms with E-state index in [0.717, 1.165) is 0 Å². The Bertz CT molecular complexity index is 767. The highest BCUT2D eigenvalue weighted by atomic mass is 16.5. The predicted octanol–water partition coefficient (Wildman–Crippen LogP) is 2.24. The van der Waals surface area contributed by atoms with Gasteiger partial charge in [0.15, 0.2) is 0 Å². The maximum atomic E-state index is 12.6. The van der Waals surface area contributed by atoms with Crippen molar-refractivity contribution in [3.05, 3.63) is 54.6 Å². The van der Waals surface area contributed by atoms with Gasteiger partial charge in [0.2, 0.25) is 6.10 Å². The molecule has 128 valence electrons. The molecule has 1 N–H and O–H groups in total. The third-order valence-corrected chi connectivity index (χ3v) is 4.17. The van der Waals surface area contributed by atoms with Crippen molar-refractivity contribution in [2.75, 3.05) is 12.0 Å². The van der Waals surface area contributed by atoms with Crippen LogP contribution in [0.15, 0.2) is 54.6 Å². The fourth-order valence-electron chi connectivity index (χ4n) is 2.91. The molecule has 0 bridgehead atoms. The number of aliphatic hydroxyl groups is 1. The molecular formula is C20H19NO4. The van der Waals surface area contributed by atoms with Gasteiger partial charge in [-0.05, 0) is 36.4 Å². The third-order valence-electron chi connectivity index (χ3n) is 4.17. The highest BCUT2D eigenvalue weighted by Gasteiger charge is 2.53. The standard InChI is InChI=1S/C20H19NO4/c1-3-7-17(22)18-19(25-16-8-5-4-6-9-16)20(23)21(18)14-10-12-15(24-2)13-11-14/h1,4-6,8-13,17-19,22H,7H2,2H3/t17-,18+,19-/m1/s1. The van der Waals surface area contributed by atoms with Crippen molar-refractivity contribution in [3.8, 4) is 23.8 Å². The number of anilines is 1. The Morgan fingerprint density at radius 1 is 1.16 bits per heavy atom. The van der Waals surface area contributed by atoms with Crippen LogP contribution in [0, 0.1) is 12.3 Å². The molecule has 1 amide bonds. The van der Waals surface area contributed by atoms with Crippen LogP contribution >= 0.6 is 0 Å². The zero-order chi connectivity index (χ0) is 17.8. The van der Waals surface area contributed by atoms with E-state index >= 15 is 0 Å². The number of carbonyl (C=O) groups excluding carboxylic acids is 1. The van der Waals surface area contributed by atoms with Gasteiger partial charge in [0.1, 0.15) is 17.5 Å². The first kappa shape index (κ1) is 16.9. The van der Waals surface area contributed by atoms with E-state index in [4.69, 9.17) is 15.9 Å². The molecule has 5 nitrogen and oxygen atoms in total. The smallest absolute Gasteiger partial charge is 0.270 e. The van der Waals surface area contributed by atoms with Gasteiger partial charge >= 0.3 is 0 Å². The van der Waals surface area contributed by atoms with E-state index in [0.29, 0.717) is 17.2 Å². The molecule has 3 atom stereocenters. The van der Waals surface area contributed by atoms with Crippen molar-refractivity contribution in [1.29, 1.82) is 0 Å². The third kappa shape index (κ3) is 3.30. The highest BCUT2D eigenvalue weighted by molar-refractivity contribution is 6.05. The molecule has 0 unspecified atom stereocenters. The van der Waals surface area contributed by atoms with Crippen molar-refractivity contribution < 1.29 is 19.4 Å². The maximum absolute atomic E-state index is 12.6. The number of hydrogen-bond acceptors (Lipinski definition) is 4. The Kier molecular flexibility index (Phi) is 4.92. The van der Waals surface area contributed by atoms with Gasteiger partial charge in [-0.2, -0.15) is 0 Å². The van der Waals surface area contributed by atoms with Crippen molar-refractivity contribution in [2.45, 2.75) is 24.7 Å². The zero-order valence-corrected chi connectivity index (χ0v) is 13.8. The van der Waals surface area contributed by atoms with Crippen LogP contribution in [0.1, 0.15) is 6.42 Å². The number of carbonyl (C=O) groups is 1. The number of methoxy groups -OCH3 is 1. The SMILES string of the molecule is C#CC[C@@H](O)[C@H]1[C@@H](Oc2ccccc2)C(=O)N1c1ccc(OC)cc1. The lowest BCUT2D eigenvalue weighted by atomic mass is 9.90. The van der Waals surface area contributed by atoms with Gasteiger partial charge in [-0.1, -0.05) is 18.2 Å². The number of benzene rings is 2. The number of nitrogens with zero attached hydrogens (tertiary/aromatic N) is 1. The van der Waals surface area contributed by atoms with Crippen molar-refractivity contribution in [3.63, 3.8) is 0 Å². The molecule has 1 heterocycles. The molecule has 1 saturated heterocycles. The average molecular weight is 337 g/mol. The second kappa shape index (κ2) is 7.29. The summed E-state index contributed by atoms with van der Waals surface area (Å²) in [6, 6.07) is 15.6. The van der Waals surface area contributed by atoms with Gasteiger partial charge in [0.25, 0.3) is 5.91 Å². The highest BCUT2D eigenvalue weighted by Crippen LogP contribution is 2.34. The molecule has 25 heavy (non-hydrogen) atoms. The van der Waals surface area contributed by atoms with Crippen LogP contribution in [-0.2, 0) is 4.79 Å². The van der Waals surface area contributed by atoms with E-state index in [9.17, 15) is 9.90 Å². The minimum atomic E-state index is -0.876. The van der Waals surface area contributed by atoms with Crippen molar-refractivity contribution >= 4 is 11.6 Å². The molecule has 0 radical (unpaired) electrons. The second-order valence-electron chi connectivity index (χ2n) is 5.72. The Morgan fingerprint density at radius 3 is 2.44 bits per heavy atom. The summed E-state index contributed by atoms with van der Waals surface area (Å²) in [5, 5.41) is 10.4. The normalized spacial score (nSPS) is 20.4. The topological polar surface area (TPSA) is 59.0 Å². The molecule has 0 aromatic heterocycles. The molecule has 2 aromatic carbocycles. The van der Waals surface area contributed by atoms with Crippen LogP contribution in [0.5, 0.6) is 11.5 Å². The number of β-lactam (4-membered cyclic amide) rings is 1. The lowest BCUT2D eigenvalue weighted by Crippen LogP contribution is -2.71. The van der Waals surface area contributed by atoms with Gasteiger partial charge in [0.05, 0.1) is 13.2 Å². The number of rotatable bonds is 6. The molecule has 5 heteroatoms. The van der Waals surface area contributed by atoms with Crippen molar-refractivity contribution in [2.24, 2.45) is 0 Å². The average Bonchev–Trinajstić information content (AvgIpc) is 2.65. The van der Waals surface area contributed by atoms with Gasteiger partial charge in [-0.25, -0.2) is 0 Å². The summed E-state index contributed by atoms with van der Waals surface area (Å²) in [5.41, 5.74) is 0.666. The van der Waals surface area contributed by atoms with E-state index in [1.807, 2.05) is 18.2 Å². The Morgan fingerprint density at radius 2 is 1.84 bits per heavy atom. The summed E-state index contributed by atoms with van der Waals surface area (Å²) in [4.78, 5) is 14.2. The largest absolute Gasteiger partial charge is 0.497 e. The molecule has 3 rings (SSSR count). The van der Waals surface area contributed by atoms with Gasteiger partial charge in [0, 0.05) is 12.1 Å². The first-order valence-corrected chi connectivity index (χ1v) is 7.96. The van der Waals surface area contributed by atoms with Crippen LogP contribution in [-0.4, -0.2) is 36.4 Å². The molecule has 2 aromatic rings. The first-order chi connectivity index (χ1) is 12.2. The summed E-state index contributed by atoms with van der Waals surface area (Å²) >= 11 is 0. The maximum Gasteiger partial charge on any atom is 0.270 e. The quantitative estimate of drug-likeness (QED) is 0.649. The number of hydrogen-bond donors (Lipinski definition) is 1. The van der Waals surface area contributed by atoms with E-state index in [1.54, 1.807) is 43.5 Å². The number of amides is 1. The van der Waals surface area contributed by atoms with E-state index in [-0.39, 0.29) is 12.3 Å². The van der Waals surface area contributed by atoms with Gasteiger partial charge < -0.3 is 14.6 Å². The number of para-hydroxylation sites is 1. The fraction of sp³-hybridized carbons (Fsp3) is 0.250. The van der Waals surface area contributed by atoms with E-state index < -0.39 is 18.2 Å². The molecule has 0 spiro atoms. The Labute approximate surface area is 146 Å². The monoisotopic (exact) mass is 337 g/mol. The molecule has 1 aliphatic heterocycles. The minimum Gasteiger partial charge on any atom is -0.497 e. The summed E-state index contributed by atoms with van der Waals surface area (Å²) < 4.78 is 10.9. The van der Waals surface area contributed by atoms with Crippen molar-refractivity contribution in [1.82, 2.24) is 0 Å².